The summed E-state index contributed by atoms with van der Waals surface area (Å²) in [6.07, 6.45) is 4.62. The third-order valence-corrected chi connectivity index (χ3v) is 5.38. The molecular formula is C17H30N2O2. The third-order valence-electron chi connectivity index (χ3n) is 5.38. The molecule has 4 heteroatoms. The maximum Gasteiger partial charge on any atom is 0.248 e. The Bertz CT molecular complexity index is 413. The first-order chi connectivity index (χ1) is 9.82. The van der Waals surface area contributed by atoms with Gasteiger partial charge in [-0.25, -0.2) is 0 Å². The van der Waals surface area contributed by atoms with Crippen LogP contribution in [0.15, 0.2) is 0 Å². The Labute approximate surface area is 128 Å². The maximum atomic E-state index is 13.0. The fourth-order valence-corrected chi connectivity index (χ4v) is 4.14. The summed E-state index contributed by atoms with van der Waals surface area (Å²) >= 11 is 0. The van der Waals surface area contributed by atoms with Gasteiger partial charge in [0.2, 0.25) is 11.8 Å². The summed E-state index contributed by atoms with van der Waals surface area (Å²) in [5.74, 6) is 1.39. The van der Waals surface area contributed by atoms with Gasteiger partial charge in [0.15, 0.2) is 0 Å². The summed E-state index contributed by atoms with van der Waals surface area (Å²) in [5, 5.41) is 2.95. The zero-order chi connectivity index (χ0) is 15.8. The summed E-state index contributed by atoms with van der Waals surface area (Å²) in [6.45, 7) is 10.3. The monoisotopic (exact) mass is 294 g/mol. The van der Waals surface area contributed by atoms with Gasteiger partial charge in [-0.1, -0.05) is 27.7 Å². The van der Waals surface area contributed by atoms with E-state index in [1.54, 1.807) is 0 Å². The summed E-state index contributed by atoms with van der Waals surface area (Å²) in [6, 6.07) is -0.0715. The van der Waals surface area contributed by atoms with Crippen molar-refractivity contribution in [2.24, 2.45) is 11.8 Å². The summed E-state index contributed by atoms with van der Waals surface area (Å²) in [5.41, 5.74) is -0.729. The van der Waals surface area contributed by atoms with E-state index in [1.807, 2.05) is 25.7 Å². The number of amides is 2. The topological polar surface area (TPSA) is 49.4 Å². The van der Waals surface area contributed by atoms with Gasteiger partial charge in [0.25, 0.3) is 0 Å². The number of hydrogen-bond donors (Lipinski definition) is 1. The quantitative estimate of drug-likeness (QED) is 0.870. The normalized spacial score (nSPS) is 41.1. The average molecular weight is 294 g/mol. The Kier molecular flexibility index (Phi) is 4.64. The first kappa shape index (κ1) is 16.3. The standard InChI is InChI=1S/C17H30N2O2/c1-6-14-15(20)18-17(5,7-2)16(21)19(14)13-9-11(3)8-12(4)10-13/h11-14H,6-10H2,1-5H3,(H,18,20). The first-order valence-electron chi connectivity index (χ1n) is 8.47. The molecule has 21 heavy (non-hydrogen) atoms. The molecule has 0 aromatic heterocycles. The molecule has 1 aliphatic heterocycles. The largest absolute Gasteiger partial charge is 0.340 e. The highest BCUT2D eigenvalue weighted by Crippen LogP contribution is 2.35. The smallest absolute Gasteiger partial charge is 0.248 e. The minimum Gasteiger partial charge on any atom is -0.340 e. The van der Waals surface area contributed by atoms with Gasteiger partial charge in [0, 0.05) is 6.04 Å². The van der Waals surface area contributed by atoms with Crippen LogP contribution in [0.5, 0.6) is 0 Å². The van der Waals surface area contributed by atoms with Crippen molar-refractivity contribution >= 4 is 11.8 Å². The second kappa shape index (κ2) is 5.98. The number of rotatable bonds is 3. The van der Waals surface area contributed by atoms with Crippen LogP contribution in [0.25, 0.3) is 0 Å². The minimum absolute atomic E-state index is 0.0207. The van der Waals surface area contributed by atoms with Gasteiger partial charge in [-0.3, -0.25) is 9.59 Å². The number of piperazine rings is 1. The zero-order valence-electron chi connectivity index (χ0n) is 14.1. The van der Waals surface area contributed by atoms with Crippen molar-refractivity contribution in [3.8, 4) is 0 Å². The number of nitrogens with one attached hydrogen (secondary N) is 1. The summed E-state index contributed by atoms with van der Waals surface area (Å²) < 4.78 is 0. The summed E-state index contributed by atoms with van der Waals surface area (Å²) in [4.78, 5) is 27.4. The van der Waals surface area contributed by atoms with E-state index in [2.05, 4.69) is 19.2 Å². The molecule has 2 aliphatic rings. The third kappa shape index (κ3) is 2.95. The lowest BCUT2D eigenvalue weighted by atomic mass is 9.78. The molecule has 4 unspecified atom stereocenters. The molecule has 0 radical (unpaired) electrons. The van der Waals surface area contributed by atoms with Crippen molar-refractivity contribution in [3.05, 3.63) is 0 Å². The fraction of sp³-hybridized carbons (Fsp3) is 0.882. The number of hydrogen-bond acceptors (Lipinski definition) is 2. The first-order valence-corrected chi connectivity index (χ1v) is 8.47. The molecule has 1 N–H and O–H groups in total. The van der Waals surface area contributed by atoms with Crippen molar-refractivity contribution in [1.82, 2.24) is 10.2 Å². The van der Waals surface area contributed by atoms with E-state index in [0.717, 1.165) is 12.8 Å². The lowest BCUT2D eigenvalue weighted by Gasteiger charge is -2.49. The highest BCUT2D eigenvalue weighted by atomic mass is 16.2. The lowest BCUT2D eigenvalue weighted by molar-refractivity contribution is -0.159. The predicted molar refractivity (Wildman–Crippen MR) is 83.7 cm³/mol. The van der Waals surface area contributed by atoms with Gasteiger partial charge in [-0.2, -0.15) is 0 Å². The molecule has 1 heterocycles. The van der Waals surface area contributed by atoms with Crippen molar-refractivity contribution in [2.75, 3.05) is 0 Å². The van der Waals surface area contributed by atoms with Crippen LogP contribution in [0.3, 0.4) is 0 Å². The molecular weight excluding hydrogens is 264 g/mol. The number of nitrogens with zero attached hydrogens (tertiary/aromatic N) is 1. The van der Waals surface area contributed by atoms with Crippen LogP contribution in [0.2, 0.25) is 0 Å². The molecule has 4 nitrogen and oxygen atoms in total. The van der Waals surface area contributed by atoms with E-state index in [0.29, 0.717) is 24.7 Å². The van der Waals surface area contributed by atoms with Crippen LogP contribution in [0, 0.1) is 11.8 Å². The van der Waals surface area contributed by atoms with Crippen molar-refractivity contribution in [3.63, 3.8) is 0 Å². The molecule has 4 atom stereocenters. The van der Waals surface area contributed by atoms with Gasteiger partial charge < -0.3 is 10.2 Å². The zero-order valence-corrected chi connectivity index (χ0v) is 14.1. The number of carbonyl (C=O) groups is 2. The molecule has 2 fully saturated rings. The second-order valence-electron chi connectivity index (χ2n) is 7.38. The van der Waals surface area contributed by atoms with Gasteiger partial charge >= 0.3 is 0 Å². The molecule has 2 rings (SSSR count). The Morgan fingerprint density at radius 2 is 1.71 bits per heavy atom. The Morgan fingerprint density at radius 1 is 1.14 bits per heavy atom. The molecule has 0 aromatic rings. The SMILES string of the molecule is CCC1C(=O)NC(C)(CC)C(=O)N1C1CC(C)CC(C)C1. The second-order valence-corrected chi connectivity index (χ2v) is 7.38. The molecule has 2 amide bonds. The van der Waals surface area contributed by atoms with E-state index >= 15 is 0 Å². The molecule has 0 bridgehead atoms. The highest BCUT2D eigenvalue weighted by Gasteiger charge is 2.49. The van der Waals surface area contributed by atoms with Crippen LogP contribution >= 0.6 is 0 Å². The van der Waals surface area contributed by atoms with Gasteiger partial charge in [-0.05, 0) is 50.9 Å². The van der Waals surface area contributed by atoms with Crippen LogP contribution in [0.4, 0.5) is 0 Å². The van der Waals surface area contributed by atoms with Crippen LogP contribution in [-0.2, 0) is 9.59 Å². The lowest BCUT2D eigenvalue weighted by Crippen LogP contribution is -2.71. The van der Waals surface area contributed by atoms with Gasteiger partial charge in [-0.15, -0.1) is 0 Å². The molecule has 1 saturated heterocycles. The van der Waals surface area contributed by atoms with Gasteiger partial charge in [0.05, 0.1) is 0 Å². The van der Waals surface area contributed by atoms with Crippen molar-refractivity contribution < 1.29 is 9.59 Å². The minimum atomic E-state index is -0.729. The van der Waals surface area contributed by atoms with Crippen LogP contribution < -0.4 is 5.32 Å². The Balaban J connectivity index is 2.31. The maximum absolute atomic E-state index is 13.0. The van der Waals surface area contributed by atoms with E-state index in [4.69, 9.17) is 0 Å². The van der Waals surface area contributed by atoms with Crippen molar-refractivity contribution in [2.45, 2.75) is 84.3 Å². The van der Waals surface area contributed by atoms with Crippen LogP contribution in [-0.4, -0.2) is 34.3 Å². The Hall–Kier alpha value is -1.06. The fourth-order valence-electron chi connectivity index (χ4n) is 4.14. The molecule has 120 valence electrons. The predicted octanol–water partition coefficient (Wildman–Crippen LogP) is 2.72. The highest BCUT2D eigenvalue weighted by molar-refractivity contribution is 5.99. The van der Waals surface area contributed by atoms with E-state index in [-0.39, 0.29) is 23.9 Å². The number of carbonyl (C=O) groups excluding carboxylic acids is 2. The van der Waals surface area contributed by atoms with Gasteiger partial charge in [0.1, 0.15) is 11.6 Å². The molecule has 1 aliphatic carbocycles. The Morgan fingerprint density at radius 3 is 2.19 bits per heavy atom. The van der Waals surface area contributed by atoms with E-state index < -0.39 is 5.54 Å². The van der Waals surface area contributed by atoms with Crippen LogP contribution in [0.1, 0.15) is 66.7 Å². The summed E-state index contributed by atoms with van der Waals surface area (Å²) in [7, 11) is 0. The average Bonchev–Trinajstić information content (AvgIpc) is 2.41. The molecule has 0 aromatic carbocycles. The molecule has 0 spiro atoms. The molecule has 1 saturated carbocycles. The van der Waals surface area contributed by atoms with E-state index in [9.17, 15) is 9.59 Å². The van der Waals surface area contributed by atoms with Crippen molar-refractivity contribution in [1.29, 1.82) is 0 Å². The van der Waals surface area contributed by atoms with E-state index in [1.165, 1.54) is 6.42 Å².